The standard InChI is InChI=1S/C12H18N6O/c13-5-1-2-6-15-12(19)11-9-18(17-16-11)10-3-7-14-8-4-10/h9-10,14H,1-4,6-8H2,(H,15,19). The summed E-state index contributed by atoms with van der Waals surface area (Å²) in [5.74, 6) is -0.224. The number of rotatable bonds is 5. The molecule has 19 heavy (non-hydrogen) atoms. The molecular weight excluding hydrogens is 244 g/mol. The Bertz CT molecular complexity index is 457. The molecule has 0 unspecified atom stereocenters. The Kier molecular flexibility index (Phi) is 4.86. The van der Waals surface area contributed by atoms with Gasteiger partial charge >= 0.3 is 0 Å². The summed E-state index contributed by atoms with van der Waals surface area (Å²) >= 11 is 0. The number of piperidine rings is 1. The molecule has 7 nitrogen and oxygen atoms in total. The summed E-state index contributed by atoms with van der Waals surface area (Å²) in [6.45, 7) is 2.44. The molecule has 1 aromatic heterocycles. The number of nitrogens with zero attached hydrogens (tertiary/aromatic N) is 4. The van der Waals surface area contributed by atoms with Crippen molar-refractivity contribution in [3.05, 3.63) is 11.9 Å². The summed E-state index contributed by atoms with van der Waals surface area (Å²) in [4.78, 5) is 11.8. The zero-order valence-electron chi connectivity index (χ0n) is 10.8. The van der Waals surface area contributed by atoms with E-state index in [9.17, 15) is 4.79 Å². The van der Waals surface area contributed by atoms with Crippen LogP contribution < -0.4 is 10.6 Å². The minimum absolute atomic E-state index is 0.224. The highest BCUT2D eigenvalue weighted by molar-refractivity contribution is 5.91. The van der Waals surface area contributed by atoms with Gasteiger partial charge in [0.1, 0.15) is 0 Å². The smallest absolute Gasteiger partial charge is 0.273 e. The molecule has 1 fully saturated rings. The number of carbonyl (C=O) groups is 1. The van der Waals surface area contributed by atoms with Crippen molar-refractivity contribution in [3.63, 3.8) is 0 Å². The van der Waals surface area contributed by atoms with Crippen LogP contribution in [0.4, 0.5) is 0 Å². The molecule has 102 valence electrons. The first-order valence-corrected chi connectivity index (χ1v) is 6.59. The highest BCUT2D eigenvalue weighted by Crippen LogP contribution is 2.16. The molecule has 2 N–H and O–H groups in total. The van der Waals surface area contributed by atoms with Crippen molar-refractivity contribution >= 4 is 5.91 Å². The monoisotopic (exact) mass is 262 g/mol. The van der Waals surface area contributed by atoms with E-state index in [0.29, 0.717) is 31.1 Å². The molecule has 0 atom stereocenters. The van der Waals surface area contributed by atoms with E-state index in [1.807, 2.05) is 6.07 Å². The Morgan fingerprint density at radius 2 is 2.37 bits per heavy atom. The van der Waals surface area contributed by atoms with Gasteiger partial charge in [-0.2, -0.15) is 5.26 Å². The Morgan fingerprint density at radius 3 is 3.11 bits per heavy atom. The van der Waals surface area contributed by atoms with Crippen LogP contribution >= 0.6 is 0 Å². The molecule has 0 radical (unpaired) electrons. The topological polar surface area (TPSA) is 95.6 Å². The van der Waals surface area contributed by atoms with Gasteiger partial charge < -0.3 is 10.6 Å². The fourth-order valence-electron chi connectivity index (χ4n) is 2.09. The second-order valence-corrected chi connectivity index (χ2v) is 4.58. The van der Waals surface area contributed by atoms with Gasteiger partial charge in [-0.3, -0.25) is 4.79 Å². The predicted octanol–water partition coefficient (Wildman–Crippen LogP) is 0.236. The second kappa shape index (κ2) is 6.85. The lowest BCUT2D eigenvalue weighted by Gasteiger charge is -2.22. The lowest BCUT2D eigenvalue weighted by Crippen LogP contribution is -2.29. The maximum atomic E-state index is 11.8. The van der Waals surface area contributed by atoms with E-state index in [1.54, 1.807) is 10.9 Å². The molecule has 0 spiro atoms. The first-order chi connectivity index (χ1) is 9.31. The molecule has 0 aromatic carbocycles. The summed E-state index contributed by atoms with van der Waals surface area (Å²) < 4.78 is 1.78. The van der Waals surface area contributed by atoms with Crippen LogP contribution in [0, 0.1) is 11.3 Å². The fourth-order valence-corrected chi connectivity index (χ4v) is 2.09. The lowest BCUT2D eigenvalue weighted by atomic mass is 10.1. The fraction of sp³-hybridized carbons (Fsp3) is 0.667. The van der Waals surface area contributed by atoms with Gasteiger partial charge in [0.15, 0.2) is 5.69 Å². The number of hydrogen-bond donors (Lipinski definition) is 2. The molecule has 2 rings (SSSR count). The number of amides is 1. The van der Waals surface area contributed by atoms with Gasteiger partial charge in [0, 0.05) is 13.0 Å². The van der Waals surface area contributed by atoms with Crippen molar-refractivity contribution in [2.75, 3.05) is 19.6 Å². The van der Waals surface area contributed by atoms with E-state index in [1.165, 1.54) is 0 Å². The average Bonchev–Trinajstić information content (AvgIpc) is 2.94. The van der Waals surface area contributed by atoms with Gasteiger partial charge in [0.2, 0.25) is 0 Å². The summed E-state index contributed by atoms with van der Waals surface area (Å²) in [5.41, 5.74) is 0.343. The molecule has 1 saturated heterocycles. The molecule has 1 amide bonds. The van der Waals surface area contributed by atoms with E-state index < -0.39 is 0 Å². The Labute approximate surface area is 112 Å². The summed E-state index contributed by atoms with van der Waals surface area (Å²) in [6.07, 6.45) is 4.82. The molecule has 1 aliphatic rings. The number of carbonyl (C=O) groups excluding carboxylic acids is 1. The number of nitriles is 1. The van der Waals surface area contributed by atoms with Gasteiger partial charge in [-0.05, 0) is 32.4 Å². The van der Waals surface area contributed by atoms with Crippen molar-refractivity contribution in [1.82, 2.24) is 25.6 Å². The van der Waals surface area contributed by atoms with Crippen LogP contribution in [0.25, 0.3) is 0 Å². The number of hydrogen-bond acceptors (Lipinski definition) is 5. The third kappa shape index (κ3) is 3.76. The van der Waals surface area contributed by atoms with Crippen LogP contribution in [-0.2, 0) is 0 Å². The van der Waals surface area contributed by atoms with E-state index in [2.05, 4.69) is 20.9 Å². The minimum Gasteiger partial charge on any atom is -0.351 e. The summed E-state index contributed by atoms with van der Waals surface area (Å²) in [7, 11) is 0. The van der Waals surface area contributed by atoms with Crippen LogP contribution in [0.5, 0.6) is 0 Å². The van der Waals surface area contributed by atoms with Crippen molar-refractivity contribution in [2.24, 2.45) is 0 Å². The van der Waals surface area contributed by atoms with Crippen LogP contribution in [0.1, 0.15) is 42.2 Å². The molecule has 1 aromatic rings. The Morgan fingerprint density at radius 1 is 1.58 bits per heavy atom. The van der Waals surface area contributed by atoms with Crippen molar-refractivity contribution in [3.8, 4) is 6.07 Å². The van der Waals surface area contributed by atoms with Gasteiger partial charge in [-0.1, -0.05) is 5.21 Å². The molecule has 1 aliphatic heterocycles. The second-order valence-electron chi connectivity index (χ2n) is 4.58. The van der Waals surface area contributed by atoms with Crippen molar-refractivity contribution < 1.29 is 4.79 Å². The van der Waals surface area contributed by atoms with Gasteiger partial charge in [0.05, 0.1) is 18.3 Å². The Balaban J connectivity index is 1.85. The van der Waals surface area contributed by atoms with E-state index >= 15 is 0 Å². The average molecular weight is 262 g/mol. The predicted molar refractivity (Wildman–Crippen MR) is 68.3 cm³/mol. The van der Waals surface area contributed by atoms with Gasteiger partial charge in [-0.25, -0.2) is 4.68 Å². The molecule has 0 bridgehead atoms. The number of aromatic nitrogens is 3. The third-order valence-corrected chi connectivity index (χ3v) is 3.18. The normalized spacial score (nSPS) is 15.9. The highest BCUT2D eigenvalue weighted by Gasteiger charge is 2.18. The SMILES string of the molecule is N#CCCCNC(=O)c1cn(C2CCNCC2)nn1. The van der Waals surface area contributed by atoms with Gasteiger partial charge in [0.25, 0.3) is 5.91 Å². The van der Waals surface area contributed by atoms with Crippen molar-refractivity contribution in [1.29, 1.82) is 5.26 Å². The van der Waals surface area contributed by atoms with Crippen LogP contribution in [0.3, 0.4) is 0 Å². The first kappa shape index (κ1) is 13.5. The first-order valence-electron chi connectivity index (χ1n) is 6.59. The van der Waals surface area contributed by atoms with Gasteiger partial charge in [-0.15, -0.1) is 5.10 Å². The van der Waals surface area contributed by atoms with Crippen LogP contribution in [0.2, 0.25) is 0 Å². The molecule has 2 heterocycles. The van der Waals surface area contributed by atoms with E-state index in [0.717, 1.165) is 25.9 Å². The summed E-state index contributed by atoms with van der Waals surface area (Å²) in [5, 5.41) is 22.4. The largest absolute Gasteiger partial charge is 0.351 e. The highest BCUT2D eigenvalue weighted by atomic mass is 16.2. The maximum Gasteiger partial charge on any atom is 0.273 e. The zero-order valence-corrected chi connectivity index (χ0v) is 10.8. The van der Waals surface area contributed by atoms with Crippen LogP contribution in [0.15, 0.2) is 6.20 Å². The van der Waals surface area contributed by atoms with E-state index in [4.69, 9.17) is 5.26 Å². The molecular formula is C12H18N6O. The zero-order chi connectivity index (χ0) is 13.5. The quantitative estimate of drug-likeness (QED) is 0.741. The summed E-state index contributed by atoms with van der Waals surface area (Å²) in [6, 6.07) is 2.37. The maximum absolute atomic E-state index is 11.8. The minimum atomic E-state index is -0.224. The third-order valence-electron chi connectivity index (χ3n) is 3.18. The molecule has 0 aliphatic carbocycles. The Hall–Kier alpha value is -1.94. The van der Waals surface area contributed by atoms with E-state index in [-0.39, 0.29) is 5.91 Å². The molecule has 7 heteroatoms. The van der Waals surface area contributed by atoms with Crippen LogP contribution in [-0.4, -0.2) is 40.5 Å². The van der Waals surface area contributed by atoms with Crippen molar-refractivity contribution in [2.45, 2.75) is 31.7 Å². The number of nitrogens with one attached hydrogen (secondary N) is 2. The number of unbranched alkanes of at least 4 members (excludes halogenated alkanes) is 1. The molecule has 0 saturated carbocycles. The lowest BCUT2D eigenvalue weighted by molar-refractivity contribution is 0.0948.